The number of nitrogens with zero attached hydrogens (tertiary/aromatic N) is 2. The predicted octanol–water partition coefficient (Wildman–Crippen LogP) is 3.46. The number of thioether (sulfide) groups is 1. The van der Waals surface area contributed by atoms with Gasteiger partial charge in [-0.3, -0.25) is 4.79 Å². The molecule has 0 spiro atoms. The number of hydrogen-bond donors (Lipinski definition) is 0. The minimum atomic E-state index is -0.191. The second-order valence-electron chi connectivity index (χ2n) is 4.42. The van der Waals surface area contributed by atoms with Crippen LogP contribution >= 0.6 is 11.8 Å². The molecule has 0 unspecified atom stereocenters. The summed E-state index contributed by atoms with van der Waals surface area (Å²) in [6.07, 6.45) is 0. The van der Waals surface area contributed by atoms with Crippen LogP contribution in [0, 0.1) is 13.8 Å². The summed E-state index contributed by atoms with van der Waals surface area (Å²) in [6.45, 7) is 5.76. The Labute approximate surface area is 117 Å². The average Bonchev–Trinajstić information content (AvgIpc) is 2.37. The van der Waals surface area contributed by atoms with E-state index in [0.29, 0.717) is 5.16 Å². The molecule has 2 rings (SSSR count). The third kappa shape index (κ3) is 3.64. The average molecular weight is 272 g/mol. The van der Waals surface area contributed by atoms with E-state index >= 15 is 0 Å². The number of aromatic nitrogens is 2. The summed E-state index contributed by atoms with van der Waals surface area (Å²) in [5.74, 6) is 0.105. The van der Waals surface area contributed by atoms with E-state index in [2.05, 4.69) is 9.97 Å². The normalized spacial score (nSPS) is 12.2. The third-order valence-corrected chi connectivity index (χ3v) is 3.63. The Bertz CT molecular complexity index is 564. The number of carbonyl (C=O) groups is 1. The molecule has 0 saturated heterocycles. The van der Waals surface area contributed by atoms with Crippen molar-refractivity contribution >= 4 is 17.5 Å². The number of Topliss-reactive ketones (excluding diaryl/α,β-unsaturated/α-hetero) is 1. The second-order valence-corrected chi connectivity index (χ2v) is 5.73. The quantitative estimate of drug-likeness (QED) is 0.485. The van der Waals surface area contributed by atoms with E-state index in [4.69, 9.17) is 0 Å². The maximum Gasteiger partial charge on any atom is 0.188 e. The van der Waals surface area contributed by atoms with Gasteiger partial charge < -0.3 is 0 Å². The van der Waals surface area contributed by atoms with Crippen molar-refractivity contribution in [1.29, 1.82) is 0 Å². The van der Waals surface area contributed by atoms with Crippen molar-refractivity contribution in [2.45, 2.75) is 31.2 Å². The molecule has 3 nitrogen and oxygen atoms in total. The van der Waals surface area contributed by atoms with Crippen LogP contribution in [0.2, 0.25) is 0 Å². The van der Waals surface area contributed by atoms with Crippen LogP contribution in [0.4, 0.5) is 0 Å². The zero-order valence-electron chi connectivity index (χ0n) is 11.3. The molecule has 0 fully saturated rings. The van der Waals surface area contributed by atoms with Gasteiger partial charge in [0, 0.05) is 17.0 Å². The lowest BCUT2D eigenvalue weighted by Gasteiger charge is -2.09. The van der Waals surface area contributed by atoms with E-state index in [1.54, 1.807) is 0 Å². The van der Waals surface area contributed by atoms with Crippen LogP contribution < -0.4 is 0 Å². The number of aryl methyl sites for hydroxylation is 2. The maximum atomic E-state index is 12.2. The first-order valence-corrected chi connectivity index (χ1v) is 7.02. The third-order valence-electron chi connectivity index (χ3n) is 2.67. The minimum absolute atomic E-state index is 0.105. The van der Waals surface area contributed by atoms with Crippen LogP contribution in [0.1, 0.15) is 28.7 Å². The minimum Gasteiger partial charge on any atom is -0.293 e. The molecule has 0 radical (unpaired) electrons. The van der Waals surface area contributed by atoms with Crippen LogP contribution in [0.3, 0.4) is 0 Å². The first-order valence-electron chi connectivity index (χ1n) is 6.14. The smallest absolute Gasteiger partial charge is 0.188 e. The number of benzene rings is 1. The Morgan fingerprint density at radius 1 is 1.11 bits per heavy atom. The summed E-state index contributed by atoms with van der Waals surface area (Å²) in [6, 6.07) is 11.2. The highest BCUT2D eigenvalue weighted by Crippen LogP contribution is 2.23. The maximum absolute atomic E-state index is 12.2. The van der Waals surface area contributed by atoms with E-state index in [0.717, 1.165) is 17.0 Å². The first kappa shape index (κ1) is 13.7. The summed E-state index contributed by atoms with van der Waals surface area (Å²) < 4.78 is 0. The lowest BCUT2D eigenvalue weighted by molar-refractivity contribution is 0.0994. The number of rotatable bonds is 4. The molecule has 0 amide bonds. The van der Waals surface area contributed by atoms with Crippen LogP contribution in [0.25, 0.3) is 0 Å². The molecule has 1 atom stereocenters. The van der Waals surface area contributed by atoms with Crippen LogP contribution in [-0.4, -0.2) is 21.0 Å². The SMILES string of the molecule is Cc1cc(C)nc(S[C@H](C)C(=O)c2ccccc2)n1. The van der Waals surface area contributed by atoms with Gasteiger partial charge >= 0.3 is 0 Å². The van der Waals surface area contributed by atoms with Gasteiger partial charge in [0.2, 0.25) is 0 Å². The number of hydrogen-bond acceptors (Lipinski definition) is 4. The van der Waals surface area contributed by atoms with Gasteiger partial charge in [-0.15, -0.1) is 0 Å². The molecule has 19 heavy (non-hydrogen) atoms. The highest BCUT2D eigenvalue weighted by atomic mass is 32.2. The monoisotopic (exact) mass is 272 g/mol. The van der Waals surface area contributed by atoms with Gasteiger partial charge in [0.25, 0.3) is 0 Å². The molecule has 0 aliphatic heterocycles. The predicted molar refractivity (Wildman–Crippen MR) is 77.6 cm³/mol. The molecule has 0 N–H and O–H groups in total. The van der Waals surface area contributed by atoms with Gasteiger partial charge in [-0.25, -0.2) is 9.97 Å². The lowest BCUT2D eigenvalue weighted by atomic mass is 10.1. The second kappa shape index (κ2) is 5.97. The Morgan fingerprint density at radius 2 is 1.68 bits per heavy atom. The zero-order chi connectivity index (χ0) is 13.8. The van der Waals surface area contributed by atoms with Crippen molar-refractivity contribution in [2.75, 3.05) is 0 Å². The molecular formula is C15H16N2OS. The van der Waals surface area contributed by atoms with Gasteiger partial charge in [-0.2, -0.15) is 0 Å². The van der Waals surface area contributed by atoms with Crippen molar-refractivity contribution in [2.24, 2.45) is 0 Å². The van der Waals surface area contributed by atoms with Crippen molar-refractivity contribution < 1.29 is 4.79 Å². The molecular weight excluding hydrogens is 256 g/mol. The van der Waals surface area contributed by atoms with Crippen molar-refractivity contribution in [3.05, 3.63) is 53.3 Å². The molecule has 98 valence electrons. The molecule has 0 bridgehead atoms. The number of carbonyl (C=O) groups excluding carboxylic acids is 1. The van der Waals surface area contributed by atoms with Crippen molar-refractivity contribution in [3.8, 4) is 0 Å². The van der Waals surface area contributed by atoms with Crippen LogP contribution in [0.5, 0.6) is 0 Å². The molecule has 2 aromatic rings. The largest absolute Gasteiger partial charge is 0.293 e. The molecule has 1 aromatic heterocycles. The molecule has 0 aliphatic rings. The van der Waals surface area contributed by atoms with Gasteiger partial charge in [0.05, 0.1) is 5.25 Å². The molecule has 0 saturated carbocycles. The summed E-state index contributed by atoms with van der Waals surface area (Å²) in [4.78, 5) is 20.9. The van der Waals surface area contributed by atoms with Gasteiger partial charge in [-0.1, -0.05) is 42.1 Å². The first-order chi connectivity index (χ1) is 9.06. The molecule has 1 aromatic carbocycles. The highest BCUT2D eigenvalue weighted by molar-refractivity contribution is 8.00. The highest BCUT2D eigenvalue weighted by Gasteiger charge is 2.17. The van der Waals surface area contributed by atoms with Gasteiger partial charge in [0.1, 0.15) is 0 Å². The summed E-state index contributed by atoms with van der Waals surface area (Å²) in [5.41, 5.74) is 2.58. The summed E-state index contributed by atoms with van der Waals surface area (Å²) in [7, 11) is 0. The number of ketones is 1. The van der Waals surface area contributed by atoms with Gasteiger partial charge in [-0.05, 0) is 26.8 Å². The fraction of sp³-hybridized carbons (Fsp3) is 0.267. The Morgan fingerprint density at radius 3 is 2.26 bits per heavy atom. The van der Waals surface area contributed by atoms with E-state index in [-0.39, 0.29) is 11.0 Å². The zero-order valence-corrected chi connectivity index (χ0v) is 12.1. The van der Waals surface area contributed by atoms with Gasteiger partial charge in [0.15, 0.2) is 10.9 Å². The summed E-state index contributed by atoms with van der Waals surface area (Å²) in [5, 5.41) is 0.470. The standard InChI is InChI=1S/C15H16N2OS/c1-10-9-11(2)17-15(16-10)19-12(3)14(18)13-7-5-4-6-8-13/h4-9,12H,1-3H3/t12-/m1/s1. The van der Waals surface area contributed by atoms with Crippen LogP contribution in [0.15, 0.2) is 41.6 Å². The summed E-state index contributed by atoms with van der Waals surface area (Å²) >= 11 is 1.40. The Balaban J connectivity index is 2.13. The lowest BCUT2D eigenvalue weighted by Crippen LogP contribution is -2.14. The van der Waals surface area contributed by atoms with Crippen molar-refractivity contribution in [3.63, 3.8) is 0 Å². The fourth-order valence-corrected chi connectivity index (χ4v) is 2.75. The Kier molecular flexibility index (Phi) is 4.32. The molecule has 0 aliphatic carbocycles. The van der Waals surface area contributed by atoms with E-state index in [9.17, 15) is 4.79 Å². The molecule has 4 heteroatoms. The van der Waals surface area contributed by atoms with Crippen molar-refractivity contribution in [1.82, 2.24) is 9.97 Å². The topological polar surface area (TPSA) is 42.9 Å². The van der Waals surface area contributed by atoms with Crippen LogP contribution in [-0.2, 0) is 0 Å². The van der Waals surface area contributed by atoms with E-state index in [1.807, 2.05) is 57.2 Å². The molecule has 1 heterocycles. The van der Waals surface area contributed by atoms with E-state index in [1.165, 1.54) is 11.8 Å². The Hall–Kier alpha value is -1.68. The van der Waals surface area contributed by atoms with E-state index < -0.39 is 0 Å². The fourth-order valence-electron chi connectivity index (χ4n) is 1.80.